The van der Waals surface area contributed by atoms with E-state index in [4.69, 9.17) is 5.73 Å². The number of carbonyl (C=O) groups is 1. The van der Waals surface area contributed by atoms with Gasteiger partial charge in [-0.1, -0.05) is 13.8 Å². The lowest BCUT2D eigenvalue weighted by Crippen LogP contribution is -2.42. The van der Waals surface area contributed by atoms with Gasteiger partial charge in [0, 0.05) is 18.5 Å². The fourth-order valence-electron chi connectivity index (χ4n) is 2.63. The highest BCUT2D eigenvalue weighted by Crippen LogP contribution is 2.29. The number of carbonyl (C=O) groups excluding carboxylic acids is 1. The number of hydrogen-bond acceptors (Lipinski definition) is 3. The van der Waals surface area contributed by atoms with E-state index in [1.54, 1.807) is 0 Å². The van der Waals surface area contributed by atoms with Crippen molar-refractivity contribution in [3.8, 4) is 0 Å². The largest absolute Gasteiger partial charge is 0.330 e. The Morgan fingerprint density at radius 3 is 2.44 bits per heavy atom. The first-order chi connectivity index (χ1) is 7.47. The molecule has 2 atom stereocenters. The minimum atomic E-state index is 0.136. The van der Waals surface area contributed by atoms with Gasteiger partial charge in [-0.3, -0.25) is 9.69 Å². The van der Waals surface area contributed by atoms with Gasteiger partial charge in [0.25, 0.3) is 0 Å². The van der Waals surface area contributed by atoms with Gasteiger partial charge in [0.15, 0.2) is 5.78 Å². The molecule has 2 N–H and O–H groups in total. The summed E-state index contributed by atoms with van der Waals surface area (Å²) in [6.07, 6.45) is 2.05. The van der Waals surface area contributed by atoms with E-state index in [2.05, 4.69) is 18.7 Å². The summed E-state index contributed by atoms with van der Waals surface area (Å²) in [5, 5.41) is 0. The van der Waals surface area contributed by atoms with Crippen LogP contribution in [0.3, 0.4) is 0 Å². The zero-order valence-electron chi connectivity index (χ0n) is 11.1. The summed E-state index contributed by atoms with van der Waals surface area (Å²) in [5.41, 5.74) is 5.61. The van der Waals surface area contributed by atoms with Crippen LogP contribution in [0.1, 0.15) is 40.5 Å². The summed E-state index contributed by atoms with van der Waals surface area (Å²) in [4.78, 5) is 14.5. The van der Waals surface area contributed by atoms with E-state index in [-0.39, 0.29) is 12.0 Å². The highest BCUT2D eigenvalue weighted by Gasteiger charge is 2.37. The number of likely N-dealkylation sites (tertiary alicyclic amines) is 1. The lowest BCUT2D eigenvalue weighted by molar-refractivity contribution is -0.126. The Hall–Kier alpha value is -0.410. The number of Topliss-reactive ketones (excluding diaryl/α,β-unsaturated/α-hetero) is 1. The van der Waals surface area contributed by atoms with Gasteiger partial charge in [-0.15, -0.1) is 0 Å². The van der Waals surface area contributed by atoms with Crippen molar-refractivity contribution >= 4 is 5.78 Å². The zero-order valence-corrected chi connectivity index (χ0v) is 11.1. The van der Waals surface area contributed by atoms with Crippen LogP contribution in [-0.2, 0) is 4.79 Å². The van der Waals surface area contributed by atoms with Gasteiger partial charge in [-0.05, 0) is 39.2 Å². The van der Waals surface area contributed by atoms with Gasteiger partial charge in [0.1, 0.15) is 0 Å². The van der Waals surface area contributed by atoms with E-state index in [0.29, 0.717) is 17.7 Å². The third kappa shape index (κ3) is 3.05. The molecule has 0 aromatic heterocycles. The predicted molar refractivity (Wildman–Crippen MR) is 67.3 cm³/mol. The molecule has 16 heavy (non-hydrogen) atoms. The Kier molecular flexibility index (Phi) is 4.93. The standard InChI is InChI=1S/C13H26N2O/c1-9(2)13(16)12-7-11(5-6-14)8-15(12)10(3)4/h9-12H,5-8,14H2,1-4H3/t11?,12-/m0/s1. The zero-order chi connectivity index (χ0) is 12.3. The average Bonchev–Trinajstić information content (AvgIpc) is 2.61. The first-order valence-corrected chi connectivity index (χ1v) is 6.46. The van der Waals surface area contributed by atoms with Crippen molar-refractivity contribution in [3.05, 3.63) is 0 Å². The average molecular weight is 226 g/mol. The minimum Gasteiger partial charge on any atom is -0.330 e. The fourth-order valence-corrected chi connectivity index (χ4v) is 2.63. The lowest BCUT2D eigenvalue weighted by Gasteiger charge is -2.28. The van der Waals surface area contributed by atoms with Crippen molar-refractivity contribution in [2.75, 3.05) is 13.1 Å². The molecule has 1 aliphatic rings. The Morgan fingerprint density at radius 1 is 1.38 bits per heavy atom. The third-order valence-electron chi connectivity index (χ3n) is 3.56. The Bertz CT molecular complexity index is 238. The van der Waals surface area contributed by atoms with Crippen LogP contribution in [0.15, 0.2) is 0 Å². The molecule has 3 heteroatoms. The fraction of sp³-hybridized carbons (Fsp3) is 0.923. The highest BCUT2D eigenvalue weighted by molar-refractivity contribution is 5.86. The van der Waals surface area contributed by atoms with E-state index in [1.807, 2.05) is 13.8 Å². The second kappa shape index (κ2) is 5.78. The van der Waals surface area contributed by atoms with Crippen LogP contribution in [0.5, 0.6) is 0 Å². The molecule has 1 rings (SSSR count). The number of rotatable bonds is 5. The van der Waals surface area contributed by atoms with Crippen LogP contribution in [-0.4, -0.2) is 35.9 Å². The summed E-state index contributed by atoms with van der Waals surface area (Å²) in [6, 6.07) is 0.590. The van der Waals surface area contributed by atoms with E-state index < -0.39 is 0 Å². The second-order valence-electron chi connectivity index (χ2n) is 5.54. The Morgan fingerprint density at radius 2 is 2.00 bits per heavy atom. The molecule has 0 aromatic carbocycles. The molecule has 0 saturated carbocycles. The minimum absolute atomic E-state index is 0.136. The molecule has 0 aliphatic carbocycles. The van der Waals surface area contributed by atoms with Gasteiger partial charge in [0.2, 0.25) is 0 Å². The lowest BCUT2D eigenvalue weighted by atomic mass is 9.95. The monoisotopic (exact) mass is 226 g/mol. The van der Waals surface area contributed by atoms with Crippen LogP contribution in [0.2, 0.25) is 0 Å². The highest BCUT2D eigenvalue weighted by atomic mass is 16.1. The van der Waals surface area contributed by atoms with E-state index in [1.165, 1.54) is 0 Å². The SMILES string of the molecule is CC(C)C(=O)[C@@H]1CC(CCN)CN1C(C)C. The molecule has 1 saturated heterocycles. The molecule has 1 unspecified atom stereocenters. The number of ketones is 1. The van der Waals surface area contributed by atoms with Gasteiger partial charge in [0.05, 0.1) is 6.04 Å². The van der Waals surface area contributed by atoms with Crippen molar-refractivity contribution in [1.29, 1.82) is 0 Å². The van der Waals surface area contributed by atoms with Crippen LogP contribution >= 0.6 is 0 Å². The molecule has 1 aliphatic heterocycles. The summed E-state index contributed by atoms with van der Waals surface area (Å²) >= 11 is 0. The molecule has 0 aromatic rings. The molecule has 0 bridgehead atoms. The van der Waals surface area contributed by atoms with Gasteiger partial charge in [-0.25, -0.2) is 0 Å². The van der Waals surface area contributed by atoms with E-state index in [0.717, 1.165) is 25.9 Å². The van der Waals surface area contributed by atoms with Gasteiger partial charge in [-0.2, -0.15) is 0 Å². The summed E-state index contributed by atoms with van der Waals surface area (Å²) in [7, 11) is 0. The molecule has 1 fully saturated rings. The summed E-state index contributed by atoms with van der Waals surface area (Å²) < 4.78 is 0. The van der Waals surface area contributed by atoms with Gasteiger partial charge < -0.3 is 5.73 Å². The Balaban J connectivity index is 2.69. The molecule has 94 valence electrons. The van der Waals surface area contributed by atoms with Crippen LogP contribution in [0, 0.1) is 11.8 Å². The quantitative estimate of drug-likeness (QED) is 0.775. The smallest absolute Gasteiger partial charge is 0.152 e. The van der Waals surface area contributed by atoms with Crippen molar-refractivity contribution in [2.45, 2.75) is 52.6 Å². The van der Waals surface area contributed by atoms with E-state index in [9.17, 15) is 4.79 Å². The maximum Gasteiger partial charge on any atom is 0.152 e. The maximum atomic E-state index is 12.1. The van der Waals surface area contributed by atoms with E-state index >= 15 is 0 Å². The van der Waals surface area contributed by atoms with Gasteiger partial charge >= 0.3 is 0 Å². The molecular weight excluding hydrogens is 200 g/mol. The maximum absolute atomic E-state index is 12.1. The molecule has 0 radical (unpaired) electrons. The number of nitrogens with zero attached hydrogens (tertiary/aromatic N) is 1. The predicted octanol–water partition coefficient (Wildman–Crippen LogP) is 1.66. The number of nitrogens with two attached hydrogens (primary N) is 1. The van der Waals surface area contributed by atoms with Crippen molar-refractivity contribution in [2.24, 2.45) is 17.6 Å². The topological polar surface area (TPSA) is 46.3 Å². The molecule has 0 amide bonds. The molecule has 1 heterocycles. The van der Waals surface area contributed by atoms with Crippen LogP contribution in [0.25, 0.3) is 0 Å². The third-order valence-corrected chi connectivity index (χ3v) is 3.56. The molecular formula is C13H26N2O. The summed E-state index contributed by atoms with van der Waals surface area (Å²) in [5.74, 6) is 1.15. The molecule has 0 spiro atoms. The van der Waals surface area contributed by atoms with Crippen LogP contribution in [0.4, 0.5) is 0 Å². The number of hydrogen-bond donors (Lipinski definition) is 1. The van der Waals surface area contributed by atoms with Crippen molar-refractivity contribution in [1.82, 2.24) is 4.90 Å². The molecule has 3 nitrogen and oxygen atoms in total. The van der Waals surface area contributed by atoms with Crippen molar-refractivity contribution < 1.29 is 4.79 Å². The van der Waals surface area contributed by atoms with Crippen LogP contribution < -0.4 is 5.73 Å². The first kappa shape index (κ1) is 13.7. The summed E-state index contributed by atoms with van der Waals surface area (Å²) in [6.45, 7) is 10.1. The second-order valence-corrected chi connectivity index (χ2v) is 5.54. The normalized spacial score (nSPS) is 26.9. The first-order valence-electron chi connectivity index (χ1n) is 6.46. The van der Waals surface area contributed by atoms with Crippen molar-refractivity contribution in [3.63, 3.8) is 0 Å². The Labute approximate surface area is 99.4 Å².